The molecule has 0 N–H and O–H groups in total. The molecule has 250 valence electrons. The van der Waals surface area contributed by atoms with E-state index in [2.05, 4.69) is 0 Å². The molecule has 8 nitrogen and oxygen atoms in total. The summed E-state index contributed by atoms with van der Waals surface area (Å²) in [5, 5.41) is 0. The number of hydrogen-bond acceptors (Lipinski definition) is 8. The first-order chi connectivity index (χ1) is 21.6. The molecule has 0 aromatic heterocycles. The second kappa shape index (κ2) is 17.4. The number of benzene rings is 2. The Labute approximate surface area is 274 Å². The number of ketones is 1. The summed E-state index contributed by atoms with van der Waals surface area (Å²) in [5.74, 6) is 0.712. The molecular formula is C38H50O8. The summed E-state index contributed by atoms with van der Waals surface area (Å²) < 4.78 is 28.6. The van der Waals surface area contributed by atoms with Gasteiger partial charge in [0.1, 0.15) is 17.2 Å². The van der Waals surface area contributed by atoms with Crippen molar-refractivity contribution < 1.29 is 38.1 Å². The van der Waals surface area contributed by atoms with Crippen LogP contribution in [-0.4, -0.2) is 37.4 Å². The summed E-state index contributed by atoms with van der Waals surface area (Å²) in [6, 6.07) is 8.57. The molecule has 0 aliphatic heterocycles. The normalized spacial score (nSPS) is 12.2. The summed E-state index contributed by atoms with van der Waals surface area (Å²) in [7, 11) is 0. The standard InChI is InChI=1S/C38H50O8/c1-11-13-15-28-23-29(19-22-32(39)27-17-20-30(21-18-27)42-24-44-35(40)37(5,6)7)34(46-26(3)4)31(16-14-12-2)33(28)43-25-45-36(41)38(8,9)10/h11-14,17-23,26H,15-16,24-25H2,1-10H3. The maximum Gasteiger partial charge on any atom is 0.314 e. The molecule has 8 heteroatoms. The van der Waals surface area contributed by atoms with E-state index in [0.717, 1.165) is 16.7 Å². The fourth-order valence-electron chi connectivity index (χ4n) is 3.99. The Kier molecular flexibility index (Phi) is 14.3. The van der Waals surface area contributed by atoms with E-state index in [1.165, 1.54) is 6.08 Å². The first-order valence-electron chi connectivity index (χ1n) is 15.6. The maximum atomic E-state index is 13.2. The van der Waals surface area contributed by atoms with Gasteiger partial charge >= 0.3 is 11.9 Å². The third-order valence-corrected chi connectivity index (χ3v) is 6.50. The van der Waals surface area contributed by atoms with Gasteiger partial charge in [-0.1, -0.05) is 24.3 Å². The lowest BCUT2D eigenvalue weighted by Gasteiger charge is -2.23. The van der Waals surface area contributed by atoms with E-state index >= 15 is 0 Å². The molecule has 2 rings (SSSR count). The van der Waals surface area contributed by atoms with Crippen LogP contribution in [-0.2, 0) is 31.9 Å². The maximum absolute atomic E-state index is 13.2. The molecule has 0 bridgehead atoms. The van der Waals surface area contributed by atoms with Crippen LogP contribution in [0, 0.1) is 10.8 Å². The lowest BCUT2D eigenvalue weighted by molar-refractivity contribution is -0.160. The van der Waals surface area contributed by atoms with Crippen LogP contribution >= 0.6 is 0 Å². The molecule has 0 amide bonds. The molecule has 0 spiro atoms. The highest BCUT2D eigenvalue weighted by Crippen LogP contribution is 2.39. The molecule has 0 radical (unpaired) electrons. The molecular weight excluding hydrogens is 584 g/mol. The Bertz CT molecular complexity index is 1410. The van der Waals surface area contributed by atoms with E-state index in [4.69, 9.17) is 23.7 Å². The van der Waals surface area contributed by atoms with Gasteiger partial charge in [0.25, 0.3) is 0 Å². The third kappa shape index (κ3) is 11.9. The summed E-state index contributed by atoms with van der Waals surface area (Å²) in [5.41, 5.74) is 1.56. The van der Waals surface area contributed by atoms with Crippen LogP contribution < -0.4 is 14.2 Å². The topological polar surface area (TPSA) is 97.4 Å². The van der Waals surface area contributed by atoms with Crippen molar-refractivity contribution in [3.63, 3.8) is 0 Å². The van der Waals surface area contributed by atoms with Crippen LogP contribution in [0.3, 0.4) is 0 Å². The van der Waals surface area contributed by atoms with Crippen molar-refractivity contribution in [1.29, 1.82) is 0 Å². The van der Waals surface area contributed by atoms with Gasteiger partial charge in [0, 0.05) is 16.7 Å². The van der Waals surface area contributed by atoms with Crippen LogP contribution in [0.2, 0.25) is 0 Å². The number of ether oxygens (including phenoxy) is 5. The monoisotopic (exact) mass is 634 g/mol. The van der Waals surface area contributed by atoms with Gasteiger partial charge in [-0.15, -0.1) is 0 Å². The lowest BCUT2D eigenvalue weighted by atomic mass is 9.96. The summed E-state index contributed by atoms with van der Waals surface area (Å²) >= 11 is 0. The summed E-state index contributed by atoms with van der Waals surface area (Å²) in [6.45, 7) is 18.0. The predicted molar refractivity (Wildman–Crippen MR) is 181 cm³/mol. The highest BCUT2D eigenvalue weighted by atomic mass is 16.7. The van der Waals surface area contributed by atoms with Crippen molar-refractivity contribution in [2.24, 2.45) is 10.8 Å². The number of rotatable bonds is 15. The second-order valence-electron chi connectivity index (χ2n) is 13.1. The molecule has 0 aliphatic rings. The van der Waals surface area contributed by atoms with E-state index in [0.29, 0.717) is 35.7 Å². The van der Waals surface area contributed by atoms with Gasteiger partial charge < -0.3 is 23.7 Å². The SMILES string of the molecule is CC=CCc1cc(C=CC(=O)c2ccc(OCOC(=O)C(C)(C)C)cc2)c(OC(C)C)c(CC=CC)c1OCOC(=O)C(C)(C)C. The number of hydrogen-bond donors (Lipinski definition) is 0. The molecule has 2 aromatic rings. The molecule has 0 atom stereocenters. The minimum absolute atomic E-state index is 0.157. The highest BCUT2D eigenvalue weighted by Gasteiger charge is 2.25. The first-order valence-corrected chi connectivity index (χ1v) is 15.6. The van der Waals surface area contributed by atoms with Crippen molar-refractivity contribution in [1.82, 2.24) is 0 Å². The Morgan fingerprint density at radius 1 is 0.761 bits per heavy atom. The lowest BCUT2D eigenvalue weighted by Crippen LogP contribution is -2.25. The molecule has 0 aliphatic carbocycles. The Hall–Kier alpha value is -4.33. The van der Waals surface area contributed by atoms with E-state index < -0.39 is 10.8 Å². The average Bonchev–Trinajstić information content (AvgIpc) is 2.98. The molecule has 0 fully saturated rings. The fourth-order valence-corrected chi connectivity index (χ4v) is 3.99. The van der Waals surface area contributed by atoms with Crippen molar-refractivity contribution in [3.8, 4) is 17.2 Å². The van der Waals surface area contributed by atoms with E-state index in [1.807, 2.05) is 58.1 Å². The second-order valence-corrected chi connectivity index (χ2v) is 13.1. The van der Waals surface area contributed by atoms with Crippen molar-refractivity contribution in [2.45, 2.75) is 88.2 Å². The third-order valence-electron chi connectivity index (χ3n) is 6.50. The van der Waals surface area contributed by atoms with Crippen LogP contribution in [0.15, 0.2) is 60.7 Å². The Morgan fingerprint density at radius 2 is 1.30 bits per heavy atom. The molecule has 0 saturated carbocycles. The van der Waals surface area contributed by atoms with Crippen LogP contribution in [0.25, 0.3) is 6.08 Å². The number of carbonyl (C=O) groups excluding carboxylic acids is 3. The van der Waals surface area contributed by atoms with Crippen LogP contribution in [0.4, 0.5) is 0 Å². The average molecular weight is 635 g/mol. The van der Waals surface area contributed by atoms with Gasteiger partial charge in [0.15, 0.2) is 5.78 Å². The van der Waals surface area contributed by atoms with Gasteiger partial charge in [-0.2, -0.15) is 0 Å². The van der Waals surface area contributed by atoms with Gasteiger partial charge in [-0.05, 0) is 130 Å². The number of allylic oxidation sites excluding steroid dienone is 5. The summed E-state index contributed by atoms with van der Waals surface area (Å²) in [4.78, 5) is 37.6. The van der Waals surface area contributed by atoms with Gasteiger partial charge in [0.05, 0.1) is 16.9 Å². The molecule has 2 aromatic carbocycles. The van der Waals surface area contributed by atoms with Crippen molar-refractivity contribution in [2.75, 3.05) is 13.6 Å². The smallest absolute Gasteiger partial charge is 0.314 e. The molecule has 46 heavy (non-hydrogen) atoms. The molecule has 0 heterocycles. The fraction of sp³-hybridized carbons (Fsp3) is 0.447. The number of carbonyl (C=O) groups is 3. The quantitative estimate of drug-likeness (QED) is 0.0633. The van der Waals surface area contributed by atoms with E-state index in [9.17, 15) is 14.4 Å². The van der Waals surface area contributed by atoms with Gasteiger partial charge in [-0.25, -0.2) is 0 Å². The largest absolute Gasteiger partial charge is 0.490 e. The van der Waals surface area contributed by atoms with Crippen molar-refractivity contribution >= 4 is 23.8 Å². The number of esters is 2. The molecule has 0 saturated heterocycles. The van der Waals surface area contributed by atoms with Crippen LogP contribution in [0.5, 0.6) is 17.2 Å². The predicted octanol–water partition coefficient (Wildman–Crippen LogP) is 8.46. The minimum atomic E-state index is -0.660. The first kappa shape index (κ1) is 37.9. The zero-order valence-electron chi connectivity index (χ0n) is 29.0. The zero-order chi connectivity index (χ0) is 34.5. The zero-order valence-corrected chi connectivity index (χ0v) is 29.0. The Morgan fingerprint density at radius 3 is 1.83 bits per heavy atom. The highest BCUT2D eigenvalue weighted by molar-refractivity contribution is 6.07. The van der Waals surface area contributed by atoms with Gasteiger partial charge in [-0.3, -0.25) is 14.4 Å². The van der Waals surface area contributed by atoms with E-state index in [-0.39, 0.29) is 37.4 Å². The van der Waals surface area contributed by atoms with Crippen LogP contribution in [0.1, 0.15) is 96.3 Å². The molecule has 0 unspecified atom stereocenters. The van der Waals surface area contributed by atoms with Crippen molar-refractivity contribution in [3.05, 3.63) is 83.0 Å². The Balaban J connectivity index is 2.43. The van der Waals surface area contributed by atoms with Gasteiger partial charge in [0.2, 0.25) is 13.6 Å². The minimum Gasteiger partial charge on any atom is -0.490 e. The summed E-state index contributed by atoms with van der Waals surface area (Å²) in [6.07, 6.45) is 12.1. The van der Waals surface area contributed by atoms with E-state index in [1.54, 1.807) is 71.9 Å².